The van der Waals surface area contributed by atoms with Crippen LogP contribution in [0.5, 0.6) is 0 Å². The van der Waals surface area contributed by atoms with E-state index in [1.807, 2.05) is 31.5 Å². The van der Waals surface area contributed by atoms with E-state index in [0.717, 1.165) is 32.9 Å². The van der Waals surface area contributed by atoms with Crippen LogP contribution in [0, 0.1) is 18.8 Å². The summed E-state index contributed by atoms with van der Waals surface area (Å²) < 4.78 is 6.30. The lowest BCUT2D eigenvalue weighted by molar-refractivity contribution is 0.132. The first-order chi connectivity index (χ1) is 14.9. The van der Waals surface area contributed by atoms with E-state index in [1.165, 1.54) is 5.57 Å². The van der Waals surface area contributed by atoms with Crippen LogP contribution >= 0.6 is 23.1 Å². The normalized spacial score (nSPS) is 10.4. The topological polar surface area (TPSA) is 79.9 Å². The Morgan fingerprint density at radius 2 is 2.13 bits per heavy atom. The third kappa shape index (κ3) is 7.46. The Bertz CT molecular complexity index is 1050. The summed E-state index contributed by atoms with van der Waals surface area (Å²) in [6.45, 7) is 8.85. The number of fused-ring (bicyclic) bond motifs is 1. The van der Waals surface area contributed by atoms with E-state index >= 15 is 0 Å². The van der Waals surface area contributed by atoms with Gasteiger partial charge in [0, 0.05) is 11.3 Å². The molecule has 2 N–H and O–H groups in total. The van der Waals surface area contributed by atoms with E-state index in [1.54, 1.807) is 23.1 Å². The van der Waals surface area contributed by atoms with Gasteiger partial charge in [-0.2, -0.15) is 0 Å². The minimum atomic E-state index is -0.428. The first-order valence-corrected chi connectivity index (χ1v) is 11.8. The second-order valence-corrected chi connectivity index (χ2v) is 9.14. The maximum atomic E-state index is 11.9. The van der Waals surface area contributed by atoms with E-state index in [9.17, 15) is 4.79 Å². The Morgan fingerprint density at radius 3 is 2.84 bits per heavy atom. The molecule has 0 fully saturated rings. The van der Waals surface area contributed by atoms with Crippen LogP contribution in [0.1, 0.15) is 39.2 Å². The molecule has 6 nitrogen and oxygen atoms in total. The molecule has 1 amide bonds. The summed E-state index contributed by atoms with van der Waals surface area (Å²) in [7, 11) is 0. The van der Waals surface area contributed by atoms with Crippen LogP contribution in [0.15, 0.2) is 34.7 Å². The molecule has 3 aromatic rings. The quantitative estimate of drug-likeness (QED) is 0.408. The molecule has 0 saturated carbocycles. The molecule has 0 spiro atoms. The number of carbonyl (C=O) groups excluding carboxylic acids is 1. The van der Waals surface area contributed by atoms with Crippen molar-refractivity contribution >= 4 is 39.4 Å². The van der Waals surface area contributed by atoms with Crippen molar-refractivity contribution in [3.8, 4) is 24.1 Å². The zero-order valence-corrected chi connectivity index (χ0v) is 19.9. The number of thioether (sulfide) groups is 1. The van der Waals surface area contributed by atoms with E-state index in [0.29, 0.717) is 24.9 Å². The van der Waals surface area contributed by atoms with Gasteiger partial charge in [0.05, 0.1) is 40.3 Å². The number of allylic oxidation sites excluding steroid dienone is 1. The molecule has 0 radical (unpaired) electrons. The Kier molecular flexibility index (Phi) is 9.63. The number of aromatic nitrogens is 3. The summed E-state index contributed by atoms with van der Waals surface area (Å²) in [6.07, 6.45) is 7.57. The zero-order chi connectivity index (χ0) is 22.8. The van der Waals surface area contributed by atoms with Crippen LogP contribution in [-0.2, 0) is 17.0 Å². The number of rotatable bonds is 8. The molecule has 2 heterocycles. The molecule has 0 unspecified atom stereocenters. The predicted octanol–water partition coefficient (Wildman–Crippen LogP) is 5.97. The molecular weight excluding hydrogens is 428 g/mol. The van der Waals surface area contributed by atoms with Crippen LogP contribution in [0.25, 0.3) is 21.5 Å². The number of nitrogens with one attached hydrogen (secondary N) is 2. The number of H-pyrrole nitrogens is 1. The molecule has 0 saturated heterocycles. The highest BCUT2D eigenvalue weighted by Crippen LogP contribution is 2.29. The molecule has 1 aromatic carbocycles. The first kappa shape index (κ1) is 24.5. The number of alkyl carbamates (subject to hydrolysis) is 1. The third-order valence-corrected chi connectivity index (χ3v) is 5.81. The van der Waals surface area contributed by atoms with Gasteiger partial charge in [0.1, 0.15) is 5.82 Å². The molecule has 0 aliphatic heterocycles. The van der Waals surface area contributed by atoms with Crippen LogP contribution in [0.4, 0.5) is 4.79 Å². The van der Waals surface area contributed by atoms with Gasteiger partial charge in [-0.15, -0.1) is 35.9 Å². The number of carbonyl (C=O) groups is 1. The molecule has 8 heteroatoms. The van der Waals surface area contributed by atoms with Crippen molar-refractivity contribution in [1.29, 1.82) is 0 Å². The van der Waals surface area contributed by atoms with Gasteiger partial charge in [0.15, 0.2) is 0 Å². The van der Waals surface area contributed by atoms with Gasteiger partial charge in [-0.3, -0.25) is 0 Å². The maximum absolute atomic E-state index is 11.9. The fraction of sp³-hybridized carbons (Fsp3) is 0.348. The van der Waals surface area contributed by atoms with E-state index in [4.69, 9.17) is 9.72 Å². The van der Waals surface area contributed by atoms with E-state index in [2.05, 4.69) is 53.5 Å². The molecule has 2 aromatic heterocycles. The molecule has 0 aliphatic rings. The van der Waals surface area contributed by atoms with Gasteiger partial charge in [-0.1, -0.05) is 25.5 Å². The lowest BCUT2D eigenvalue weighted by Gasteiger charge is -2.07. The summed E-state index contributed by atoms with van der Waals surface area (Å²) in [5.74, 6) is 1.78. The number of aromatic amines is 1. The molecule has 0 aliphatic carbocycles. The van der Waals surface area contributed by atoms with Gasteiger partial charge in [-0.25, -0.2) is 14.8 Å². The standard InChI is InChI=1S/C21H26N4O2S2.C2H2/c1-13(2)9-27-21(26)22-8-19-24-17(11-28-10-14(3)4)20(25-19)15-5-6-16-18(7-15)29-12-23-16;1-2/h5-7,10,12-13H,8-9,11H2,1-4H3,(H,22,26)(H,24,25);1-2H. The largest absolute Gasteiger partial charge is 0.449 e. The number of ether oxygens (including phenoxy) is 1. The average molecular weight is 457 g/mol. The minimum Gasteiger partial charge on any atom is -0.449 e. The third-order valence-electron chi connectivity index (χ3n) is 3.93. The van der Waals surface area contributed by atoms with Crippen LogP contribution in [-0.4, -0.2) is 27.7 Å². The Labute approximate surface area is 191 Å². The fourth-order valence-corrected chi connectivity index (χ4v) is 4.14. The van der Waals surface area contributed by atoms with Gasteiger partial charge in [0.25, 0.3) is 0 Å². The second-order valence-electron chi connectivity index (χ2n) is 7.40. The van der Waals surface area contributed by atoms with Gasteiger partial charge in [0.2, 0.25) is 0 Å². The van der Waals surface area contributed by atoms with Crippen molar-refractivity contribution < 1.29 is 9.53 Å². The lowest BCUT2D eigenvalue weighted by atomic mass is 10.1. The number of imidazole rings is 1. The molecular formula is C23H28N4O2S2. The number of hydrogen-bond donors (Lipinski definition) is 2. The number of amides is 1. The number of terminal acetylenes is 1. The van der Waals surface area contributed by atoms with Crippen molar-refractivity contribution in [2.45, 2.75) is 40.0 Å². The lowest BCUT2D eigenvalue weighted by Crippen LogP contribution is -2.25. The summed E-state index contributed by atoms with van der Waals surface area (Å²) in [4.78, 5) is 24.3. The molecule has 164 valence electrons. The van der Waals surface area contributed by atoms with Crippen molar-refractivity contribution in [2.75, 3.05) is 6.61 Å². The van der Waals surface area contributed by atoms with Gasteiger partial charge in [-0.05, 0) is 37.3 Å². The minimum absolute atomic E-state index is 0.292. The molecule has 0 bridgehead atoms. The average Bonchev–Trinajstić information content (AvgIpc) is 3.38. The summed E-state index contributed by atoms with van der Waals surface area (Å²) in [6, 6.07) is 6.18. The van der Waals surface area contributed by atoms with Gasteiger partial charge < -0.3 is 15.0 Å². The number of hydrogen-bond acceptors (Lipinski definition) is 6. The van der Waals surface area contributed by atoms with E-state index < -0.39 is 6.09 Å². The first-order valence-electron chi connectivity index (χ1n) is 9.82. The van der Waals surface area contributed by atoms with Crippen LogP contribution in [0.3, 0.4) is 0 Å². The van der Waals surface area contributed by atoms with Crippen molar-refractivity contribution in [3.63, 3.8) is 0 Å². The number of thiazole rings is 1. The van der Waals surface area contributed by atoms with Crippen molar-refractivity contribution in [3.05, 3.63) is 46.2 Å². The highest BCUT2D eigenvalue weighted by Gasteiger charge is 2.14. The smallest absolute Gasteiger partial charge is 0.407 e. The van der Waals surface area contributed by atoms with Crippen molar-refractivity contribution in [2.24, 2.45) is 5.92 Å². The molecule has 31 heavy (non-hydrogen) atoms. The highest BCUT2D eigenvalue weighted by molar-refractivity contribution is 8.01. The molecule has 3 rings (SSSR count). The summed E-state index contributed by atoms with van der Waals surface area (Å²) in [5, 5.41) is 4.90. The van der Waals surface area contributed by atoms with Crippen LogP contribution in [0.2, 0.25) is 0 Å². The zero-order valence-electron chi connectivity index (χ0n) is 18.3. The second kappa shape index (κ2) is 12.2. The van der Waals surface area contributed by atoms with Gasteiger partial charge >= 0.3 is 6.09 Å². The van der Waals surface area contributed by atoms with Crippen molar-refractivity contribution in [1.82, 2.24) is 20.3 Å². The van der Waals surface area contributed by atoms with Crippen LogP contribution < -0.4 is 5.32 Å². The predicted molar refractivity (Wildman–Crippen MR) is 131 cm³/mol. The Morgan fingerprint density at radius 1 is 1.35 bits per heavy atom. The van der Waals surface area contributed by atoms with E-state index in [-0.39, 0.29) is 0 Å². The molecule has 0 atom stereocenters. The fourth-order valence-electron chi connectivity index (χ4n) is 2.63. The Balaban J connectivity index is 0.00000166. The monoisotopic (exact) mass is 456 g/mol. The number of benzene rings is 1. The Hall–Kier alpha value is -2.76. The summed E-state index contributed by atoms with van der Waals surface area (Å²) in [5.41, 5.74) is 7.08. The summed E-state index contributed by atoms with van der Waals surface area (Å²) >= 11 is 3.34. The SMILES string of the molecule is C#C.CC(C)=CSCc1[nH]c(CNC(=O)OCC(C)C)nc1-c1ccc2ncsc2c1. The highest BCUT2D eigenvalue weighted by atomic mass is 32.2. The maximum Gasteiger partial charge on any atom is 0.407 e. The number of nitrogens with zero attached hydrogens (tertiary/aromatic N) is 2.